The maximum absolute atomic E-state index is 13.7. The number of carbonyl (C=O) groups excluding carboxylic acids is 1. The van der Waals surface area contributed by atoms with Gasteiger partial charge in [0.05, 0.1) is 37.2 Å². The monoisotopic (exact) mass is 549 g/mol. The van der Waals surface area contributed by atoms with Crippen molar-refractivity contribution in [3.05, 3.63) is 121 Å². The van der Waals surface area contributed by atoms with Crippen LogP contribution in [0.15, 0.2) is 82.4 Å². The second-order valence-electron chi connectivity index (χ2n) is 9.55. The zero-order chi connectivity index (χ0) is 28.4. The van der Waals surface area contributed by atoms with Gasteiger partial charge in [-0.05, 0) is 66.4 Å². The summed E-state index contributed by atoms with van der Waals surface area (Å²) >= 11 is 1.42. The first-order valence-corrected chi connectivity index (χ1v) is 13.7. The van der Waals surface area contributed by atoms with E-state index < -0.39 is 11.2 Å². The van der Waals surface area contributed by atoms with Gasteiger partial charge in [0.2, 0.25) is 0 Å². The van der Waals surface area contributed by atoms with E-state index >= 15 is 0 Å². The molecule has 0 radical (unpaired) electrons. The quantitative estimate of drug-likeness (QED) is 0.236. The van der Waals surface area contributed by atoms with E-state index in [1.807, 2.05) is 62.4 Å². The minimum atomic E-state index is -0.529. The second kappa shape index (κ2) is 11.2. The third kappa shape index (κ3) is 5.12. The largest absolute Gasteiger partial charge is 0.497 e. The summed E-state index contributed by atoms with van der Waals surface area (Å²) in [5.41, 5.74) is 3.66. The first-order chi connectivity index (χ1) is 19.3. The summed E-state index contributed by atoms with van der Waals surface area (Å²) in [6.07, 6.45) is 0.726. The van der Waals surface area contributed by atoms with Crippen LogP contribution < -0.4 is 16.0 Å². The van der Waals surface area contributed by atoms with Gasteiger partial charge in [-0.25, -0.2) is 4.79 Å². The molecule has 3 aromatic carbocycles. The minimum absolute atomic E-state index is 0.231. The van der Waals surface area contributed by atoms with Crippen LogP contribution in [0.2, 0.25) is 0 Å². The smallest absolute Gasteiger partial charge is 0.332 e. The molecule has 40 heavy (non-hydrogen) atoms. The van der Waals surface area contributed by atoms with Crippen LogP contribution in [-0.2, 0) is 19.5 Å². The van der Waals surface area contributed by atoms with Gasteiger partial charge in [-0.3, -0.25) is 18.7 Å². The molecule has 0 aliphatic carbocycles. The van der Waals surface area contributed by atoms with Gasteiger partial charge < -0.3 is 4.74 Å². The molecule has 8 heteroatoms. The lowest BCUT2D eigenvalue weighted by molar-refractivity contribution is 0.0969. The number of hydrogen-bond donors (Lipinski definition) is 0. The number of Topliss-reactive ketones (excluding diaryl/α,β-unsaturated/α-hetero) is 1. The van der Waals surface area contributed by atoms with E-state index in [1.54, 1.807) is 35.9 Å². The van der Waals surface area contributed by atoms with Crippen LogP contribution in [-0.4, -0.2) is 22.0 Å². The van der Waals surface area contributed by atoms with Crippen LogP contribution in [0.25, 0.3) is 21.3 Å². The molecule has 5 aromatic rings. The van der Waals surface area contributed by atoms with Crippen molar-refractivity contribution in [3.8, 4) is 22.9 Å². The fourth-order valence-electron chi connectivity index (χ4n) is 4.68. The summed E-state index contributed by atoms with van der Waals surface area (Å²) in [6, 6.07) is 24.1. The van der Waals surface area contributed by atoms with Crippen LogP contribution in [0.3, 0.4) is 0 Å². The minimum Gasteiger partial charge on any atom is -0.497 e. The van der Waals surface area contributed by atoms with E-state index in [-0.39, 0.29) is 18.9 Å². The number of nitrogens with zero attached hydrogens (tertiary/aromatic N) is 3. The van der Waals surface area contributed by atoms with Gasteiger partial charge in [0.15, 0.2) is 5.78 Å². The molecule has 0 N–H and O–H groups in total. The Hall–Kier alpha value is -4.74. The molecule has 0 spiro atoms. The van der Waals surface area contributed by atoms with Crippen LogP contribution >= 0.6 is 11.3 Å². The number of ether oxygens (including phenoxy) is 1. The van der Waals surface area contributed by atoms with Crippen molar-refractivity contribution < 1.29 is 9.53 Å². The average molecular weight is 550 g/mol. The summed E-state index contributed by atoms with van der Waals surface area (Å²) < 4.78 is 7.76. The van der Waals surface area contributed by atoms with Crippen molar-refractivity contribution in [1.82, 2.24) is 9.13 Å². The summed E-state index contributed by atoms with van der Waals surface area (Å²) in [4.78, 5) is 41.7. The van der Waals surface area contributed by atoms with E-state index in [0.717, 1.165) is 38.1 Å². The molecule has 5 rings (SSSR count). The highest BCUT2D eigenvalue weighted by molar-refractivity contribution is 7.18. The van der Waals surface area contributed by atoms with Gasteiger partial charge in [0, 0.05) is 10.4 Å². The van der Waals surface area contributed by atoms with Crippen molar-refractivity contribution >= 4 is 27.3 Å². The van der Waals surface area contributed by atoms with Crippen molar-refractivity contribution in [2.75, 3.05) is 7.11 Å². The van der Waals surface area contributed by atoms with Gasteiger partial charge in [0.25, 0.3) is 5.56 Å². The zero-order valence-electron chi connectivity index (χ0n) is 22.4. The molecule has 0 atom stereocenters. The van der Waals surface area contributed by atoms with Gasteiger partial charge in [-0.1, -0.05) is 48.9 Å². The third-order valence-electron chi connectivity index (χ3n) is 6.91. The summed E-state index contributed by atoms with van der Waals surface area (Å²) in [5, 5.41) is 9.97. The predicted octanol–water partition coefficient (Wildman–Crippen LogP) is 5.57. The standard InChI is InChI=1S/C32H27N3O4S/c1-4-26-16-28-30(37)34(19-29(36)23-11-13-25(39-3)14-12-23)32(38)35(31(28)40-26)18-21-6-9-22(10-7-21)27-15-20(2)5-8-24(27)17-33/h5-16H,4,18-19H2,1-3H3. The first-order valence-electron chi connectivity index (χ1n) is 12.9. The number of nitriles is 1. The number of methoxy groups -OCH3 is 1. The number of ketones is 1. The summed E-state index contributed by atoms with van der Waals surface area (Å²) in [7, 11) is 1.54. The molecule has 0 amide bonds. The lowest BCUT2D eigenvalue weighted by atomic mass is 9.97. The molecule has 0 fully saturated rings. The number of rotatable bonds is 8. The molecule has 7 nitrogen and oxygen atoms in total. The molecular weight excluding hydrogens is 522 g/mol. The Morgan fingerprint density at radius 3 is 2.35 bits per heavy atom. The average Bonchev–Trinajstić information content (AvgIpc) is 3.42. The number of hydrogen-bond acceptors (Lipinski definition) is 6. The van der Waals surface area contributed by atoms with Crippen molar-refractivity contribution in [1.29, 1.82) is 5.26 Å². The second-order valence-corrected chi connectivity index (χ2v) is 10.7. The SMILES string of the molecule is CCc1cc2c(=O)n(CC(=O)c3ccc(OC)cc3)c(=O)n(Cc3ccc(-c4cc(C)ccc4C#N)cc3)c2s1. The maximum atomic E-state index is 13.7. The van der Waals surface area contributed by atoms with E-state index in [0.29, 0.717) is 27.1 Å². The van der Waals surface area contributed by atoms with Crippen molar-refractivity contribution in [3.63, 3.8) is 0 Å². The zero-order valence-corrected chi connectivity index (χ0v) is 23.2. The lowest BCUT2D eigenvalue weighted by Gasteiger charge is -2.13. The molecular formula is C32H27N3O4S. The number of thiophene rings is 1. The fourth-order valence-corrected chi connectivity index (χ4v) is 5.76. The normalized spacial score (nSPS) is 10.9. The Morgan fingerprint density at radius 1 is 0.975 bits per heavy atom. The molecule has 0 saturated heterocycles. The number of fused-ring (bicyclic) bond motifs is 1. The molecule has 2 heterocycles. The Labute approximate surface area is 235 Å². The topological polar surface area (TPSA) is 94.1 Å². The molecule has 2 aromatic heterocycles. The Balaban J connectivity index is 1.54. The lowest BCUT2D eigenvalue weighted by Crippen LogP contribution is -2.41. The van der Waals surface area contributed by atoms with Crippen LogP contribution in [0.1, 0.15) is 38.8 Å². The van der Waals surface area contributed by atoms with Gasteiger partial charge in [-0.15, -0.1) is 11.3 Å². The van der Waals surface area contributed by atoms with Gasteiger partial charge >= 0.3 is 5.69 Å². The highest BCUT2D eigenvalue weighted by atomic mass is 32.1. The number of aryl methyl sites for hydroxylation is 2. The van der Waals surface area contributed by atoms with Crippen molar-refractivity contribution in [2.24, 2.45) is 0 Å². The van der Waals surface area contributed by atoms with E-state index in [2.05, 4.69) is 6.07 Å². The summed E-state index contributed by atoms with van der Waals surface area (Å²) in [6.45, 7) is 3.85. The number of aromatic nitrogens is 2. The van der Waals surface area contributed by atoms with Gasteiger partial charge in [-0.2, -0.15) is 5.26 Å². The Bertz CT molecular complexity index is 1890. The highest BCUT2D eigenvalue weighted by Gasteiger charge is 2.19. The maximum Gasteiger partial charge on any atom is 0.332 e. The third-order valence-corrected chi connectivity index (χ3v) is 8.21. The molecule has 0 bridgehead atoms. The molecule has 0 aliphatic heterocycles. The van der Waals surface area contributed by atoms with Crippen molar-refractivity contribution in [2.45, 2.75) is 33.4 Å². The molecule has 200 valence electrons. The fraction of sp³-hybridized carbons (Fsp3) is 0.188. The highest BCUT2D eigenvalue weighted by Crippen LogP contribution is 2.27. The summed E-state index contributed by atoms with van der Waals surface area (Å²) in [5.74, 6) is 0.273. The predicted molar refractivity (Wildman–Crippen MR) is 157 cm³/mol. The van der Waals surface area contributed by atoms with Crippen LogP contribution in [0, 0.1) is 18.3 Å². The van der Waals surface area contributed by atoms with E-state index in [1.165, 1.54) is 11.3 Å². The van der Waals surface area contributed by atoms with E-state index in [4.69, 9.17) is 4.74 Å². The van der Waals surface area contributed by atoms with Gasteiger partial charge in [0.1, 0.15) is 10.6 Å². The first kappa shape index (κ1) is 26.9. The number of carbonyl (C=O) groups is 1. The number of benzene rings is 3. The molecule has 0 unspecified atom stereocenters. The van der Waals surface area contributed by atoms with Crippen LogP contribution in [0.4, 0.5) is 0 Å². The Kier molecular flexibility index (Phi) is 7.50. The molecule has 0 aliphatic rings. The molecule has 0 saturated carbocycles. The van der Waals surface area contributed by atoms with Crippen LogP contribution in [0.5, 0.6) is 5.75 Å². The Morgan fingerprint density at radius 2 is 1.70 bits per heavy atom. The van der Waals surface area contributed by atoms with E-state index in [9.17, 15) is 19.6 Å².